The molecule has 0 bridgehead atoms. The molecule has 2 amide bonds. The molecule has 2 fully saturated rings. The number of alkyl carbamates (subject to hydrolysis) is 1. The van der Waals surface area contributed by atoms with Gasteiger partial charge in [-0.2, -0.15) is 0 Å². The first-order chi connectivity index (χ1) is 15.3. The topological polar surface area (TPSA) is 79.9 Å². The van der Waals surface area contributed by atoms with E-state index >= 15 is 0 Å². The smallest absolute Gasteiger partial charge is 0.444 e. The van der Waals surface area contributed by atoms with Crippen molar-refractivity contribution in [2.45, 2.75) is 64.6 Å². The van der Waals surface area contributed by atoms with Crippen LogP contribution in [0.3, 0.4) is 0 Å². The van der Waals surface area contributed by atoms with Gasteiger partial charge in [0.05, 0.1) is 5.41 Å². The summed E-state index contributed by atoms with van der Waals surface area (Å²) in [5, 5.41) is 6.22. The molecule has 7 nitrogen and oxygen atoms in total. The van der Waals surface area contributed by atoms with Gasteiger partial charge >= 0.3 is 12.5 Å². The molecule has 2 aliphatic heterocycles. The molecule has 33 heavy (non-hydrogen) atoms. The Kier molecular flexibility index (Phi) is 6.01. The summed E-state index contributed by atoms with van der Waals surface area (Å²) in [6, 6.07) is 4.14. The fourth-order valence-corrected chi connectivity index (χ4v) is 5.36. The highest BCUT2D eigenvalue weighted by Crippen LogP contribution is 2.48. The molecule has 2 heterocycles. The summed E-state index contributed by atoms with van der Waals surface area (Å²) in [7, 11) is 0. The molecular formula is C23H30F3N3O4. The van der Waals surface area contributed by atoms with Crippen LogP contribution in [0.4, 0.5) is 18.0 Å². The third kappa shape index (κ3) is 5.20. The van der Waals surface area contributed by atoms with Gasteiger partial charge in [-0.1, -0.05) is 6.07 Å². The lowest BCUT2D eigenvalue weighted by Crippen LogP contribution is -2.49. The van der Waals surface area contributed by atoms with Gasteiger partial charge in [0, 0.05) is 25.7 Å². The molecule has 1 aromatic carbocycles. The lowest BCUT2D eigenvalue weighted by Gasteiger charge is -2.37. The molecule has 1 saturated carbocycles. The van der Waals surface area contributed by atoms with Gasteiger partial charge in [-0.05, 0) is 75.8 Å². The molecule has 10 heteroatoms. The minimum Gasteiger partial charge on any atom is -0.444 e. The van der Waals surface area contributed by atoms with E-state index in [4.69, 9.17) is 4.74 Å². The number of hydrogen-bond acceptors (Lipinski definition) is 5. The maximum Gasteiger partial charge on any atom is 0.573 e. The maximum absolute atomic E-state index is 13.7. The molecule has 0 radical (unpaired) electrons. The molecule has 3 aliphatic rings. The summed E-state index contributed by atoms with van der Waals surface area (Å²) in [5.74, 6) is -0.221. The number of hydrogen-bond donors (Lipinski definition) is 2. The summed E-state index contributed by atoms with van der Waals surface area (Å²) < 4.78 is 47.3. The second-order valence-electron chi connectivity index (χ2n) is 10.2. The Morgan fingerprint density at radius 3 is 2.67 bits per heavy atom. The Morgan fingerprint density at radius 1 is 1.21 bits per heavy atom. The van der Waals surface area contributed by atoms with Crippen molar-refractivity contribution in [2.75, 3.05) is 19.6 Å². The van der Waals surface area contributed by atoms with Crippen LogP contribution in [0, 0.1) is 11.3 Å². The van der Waals surface area contributed by atoms with Gasteiger partial charge in [-0.3, -0.25) is 4.79 Å². The number of nitrogens with one attached hydrogen (secondary N) is 2. The number of rotatable bonds is 3. The molecule has 182 valence electrons. The standard InChI is InChI=1S/C23H30F3N3O4/c1-21(2,3)33-20(31)28-17-9-16-11-27-13-22(16,10-17)19(30)29-7-6-14-4-5-18(8-15(14)12-29)32-23(24,25)26/h4-5,8,16-17,27H,6-7,9-13H2,1-3H3,(H,28,31)/t16-,17+,22-/m1/s1. The normalized spacial score (nSPS) is 27.0. The molecule has 0 aromatic heterocycles. The van der Waals surface area contributed by atoms with Crippen LogP contribution in [0.15, 0.2) is 18.2 Å². The van der Waals surface area contributed by atoms with Gasteiger partial charge in [0.1, 0.15) is 11.4 Å². The SMILES string of the molecule is CC(C)(C)OC(=O)N[C@H]1C[C@@H]2CNC[C@]2(C(=O)N2CCc3ccc(OC(F)(F)F)cc3C2)C1. The van der Waals surface area contributed by atoms with E-state index in [0.29, 0.717) is 44.5 Å². The molecule has 0 unspecified atom stereocenters. The van der Waals surface area contributed by atoms with Gasteiger partial charge in [0.15, 0.2) is 0 Å². The van der Waals surface area contributed by atoms with Crippen molar-refractivity contribution >= 4 is 12.0 Å². The fourth-order valence-electron chi connectivity index (χ4n) is 5.36. The van der Waals surface area contributed by atoms with E-state index in [1.165, 1.54) is 12.1 Å². The maximum atomic E-state index is 13.7. The third-order valence-corrected chi connectivity index (χ3v) is 6.65. The zero-order valence-electron chi connectivity index (χ0n) is 19.1. The molecule has 1 aromatic rings. The van der Waals surface area contributed by atoms with E-state index in [-0.39, 0.29) is 30.2 Å². The Balaban J connectivity index is 1.46. The average Bonchev–Trinajstić information content (AvgIpc) is 3.21. The number of halogens is 3. The first-order valence-electron chi connectivity index (χ1n) is 11.2. The van der Waals surface area contributed by atoms with E-state index in [0.717, 1.165) is 5.56 Å². The van der Waals surface area contributed by atoms with Crippen molar-refractivity contribution in [1.82, 2.24) is 15.5 Å². The van der Waals surface area contributed by atoms with Gasteiger partial charge < -0.3 is 25.0 Å². The van der Waals surface area contributed by atoms with Gasteiger partial charge in [-0.15, -0.1) is 13.2 Å². The van der Waals surface area contributed by atoms with Crippen LogP contribution >= 0.6 is 0 Å². The molecule has 0 spiro atoms. The van der Waals surface area contributed by atoms with Crippen molar-refractivity contribution in [3.8, 4) is 5.75 Å². The fraction of sp³-hybridized carbons (Fsp3) is 0.652. The first-order valence-corrected chi connectivity index (χ1v) is 11.2. The van der Waals surface area contributed by atoms with Crippen LogP contribution in [0.1, 0.15) is 44.7 Å². The minimum atomic E-state index is -4.76. The van der Waals surface area contributed by atoms with Crippen LogP contribution in [0.5, 0.6) is 5.75 Å². The Hall–Kier alpha value is -2.49. The Labute approximate surface area is 191 Å². The van der Waals surface area contributed by atoms with Crippen molar-refractivity contribution in [3.63, 3.8) is 0 Å². The van der Waals surface area contributed by atoms with E-state index in [1.807, 2.05) is 0 Å². The summed E-state index contributed by atoms with van der Waals surface area (Å²) in [5.41, 5.74) is 0.334. The summed E-state index contributed by atoms with van der Waals surface area (Å²) in [6.07, 6.45) is -3.51. The summed E-state index contributed by atoms with van der Waals surface area (Å²) in [6.45, 7) is 7.33. The number of alkyl halides is 3. The second-order valence-corrected chi connectivity index (χ2v) is 10.2. The highest BCUT2D eigenvalue weighted by Gasteiger charge is 2.56. The number of carbonyl (C=O) groups excluding carboxylic acids is 2. The quantitative estimate of drug-likeness (QED) is 0.710. The second kappa shape index (κ2) is 8.38. The zero-order valence-corrected chi connectivity index (χ0v) is 19.1. The van der Waals surface area contributed by atoms with Crippen LogP contribution in [-0.2, 0) is 22.5 Å². The summed E-state index contributed by atoms with van der Waals surface area (Å²) in [4.78, 5) is 27.7. The van der Waals surface area contributed by atoms with E-state index in [2.05, 4.69) is 15.4 Å². The third-order valence-electron chi connectivity index (χ3n) is 6.65. The van der Waals surface area contributed by atoms with E-state index < -0.39 is 23.5 Å². The molecule has 4 rings (SSSR count). The number of carbonyl (C=O) groups is 2. The lowest BCUT2D eigenvalue weighted by molar-refractivity contribution is -0.274. The number of amides is 2. The molecule has 2 N–H and O–H groups in total. The number of benzene rings is 1. The predicted octanol–water partition coefficient (Wildman–Crippen LogP) is 3.36. The minimum absolute atomic E-state index is 0.0150. The molecule has 1 saturated heterocycles. The van der Waals surface area contributed by atoms with Crippen LogP contribution in [-0.4, -0.2) is 54.5 Å². The predicted molar refractivity (Wildman–Crippen MR) is 113 cm³/mol. The monoisotopic (exact) mass is 469 g/mol. The molecule has 3 atom stereocenters. The molecule has 1 aliphatic carbocycles. The van der Waals surface area contributed by atoms with Crippen molar-refractivity contribution < 1.29 is 32.2 Å². The average molecular weight is 470 g/mol. The molecular weight excluding hydrogens is 439 g/mol. The number of ether oxygens (including phenoxy) is 2. The van der Waals surface area contributed by atoms with Crippen molar-refractivity contribution in [1.29, 1.82) is 0 Å². The number of nitrogens with zero attached hydrogens (tertiary/aromatic N) is 1. The van der Waals surface area contributed by atoms with Gasteiger partial charge in [0.2, 0.25) is 5.91 Å². The van der Waals surface area contributed by atoms with Crippen LogP contribution in [0.2, 0.25) is 0 Å². The highest BCUT2D eigenvalue weighted by atomic mass is 19.4. The Morgan fingerprint density at radius 2 is 1.97 bits per heavy atom. The van der Waals surface area contributed by atoms with E-state index in [1.54, 1.807) is 31.7 Å². The van der Waals surface area contributed by atoms with Gasteiger partial charge in [-0.25, -0.2) is 4.79 Å². The number of fused-ring (bicyclic) bond motifs is 2. The van der Waals surface area contributed by atoms with Crippen molar-refractivity contribution in [2.24, 2.45) is 11.3 Å². The van der Waals surface area contributed by atoms with Crippen molar-refractivity contribution in [3.05, 3.63) is 29.3 Å². The van der Waals surface area contributed by atoms with Gasteiger partial charge in [0.25, 0.3) is 0 Å². The van der Waals surface area contributed by atoms with Crippen LogP contribution in [0.25, 0.3) is 0 Å². The summed E-state index contributed by atoms with van der Waals surface area (Å²) >= 11 is 0. The first kappa shape index (κ1) is 23.7. The van der Waals surface area contributed by atoms with E-state index in [9.17, 15) is 22.8 Å². The Bertz CT molecular complexity index is 931. The largest absolute Gasteiger partial charge is 0.573 e. The van der Waals surface area contributed by atoms with Crippen LogP contribution < -0.4 is 15.4 Å². The highest BCUT2D eigenvalue weighted by molar-refractivity contribution is 5.85. The lowest BCUT2D eigenvalue weighted by atomic mass is 9.78. The zero-order chi connectivity index (χ0) is 24.0.